The number of rotatable bonds is 5. The lowest BCUT2D eigenvalue weighted by Gasteiger charge is -2.14. The topological polar surface area (TPSA) is 54.5 Å². The van der Waals surface area contributed by atoms with E-state index in [1.807, 2.05) is 62.6 Å². The van der Waals surface area contributed by atoms with Gasteiger partial charge in [-0.1, -0.05) is 24.3 Å². The minimum Gasteiger partial charge on any atom is -0.497 e. The molecule has 1 aromatic heterocycles. The molecule has 0 atom stereocenters. The van der Waals surface area contributed by atoms with Crippen LogP contribution in [0.2, 0.25) is 0 Å². The average molecular weight is 335 g/mol. The minimum absolute atomic E-state index is 0.219. The number of amides is 1. The monoisotopic (exact) mass is 335 g/mol. The van der Waals surface area contributed by atoms with E-state index in [0.717, 1.165) is 34.4 Å². The highest BCUT2D eigenvalue weighted by molar-refractivity contribution is 6.04. The second-order valence-electron chi connectivity index (χ2n) is 6.10. The van der Waals surface area contributed by atoms with E-state index in [2.05, 4.69) is 15.2 Å². The Labute approximate surface area is 147 Å². The van der Waals surface area contributed by atoms with Gasteiger partial charge in [-0.15, -0.1) is 0 Å². The molecular formula is C20H21N3O2. The van der Waals surface area contributed by atoms with Gasteiger partial charge in [0.05, 0.1) is 12.6 Å². The van der Waals surface area contributed by atoms with Crippen molar-refractivity contribution in [2.45, 2.75) is 6.54 Å². The van der Waals surface area contributed by atoms with Crippen molar-refractivity contribution in [3.05, 3.63) is 65.9 Å². The van der Waals surface area contributed by atoms with Crippen LogP contribution in [-0.2, 0) is 6.54 Å². The Kier molecular flexibility index (Phi) is 4.95. The highest BCUT2D eigenvalue weighted by Gasteiger charge is 2.11. The third-order valence-electron chi connectivity index (χ3n) is 3.88. The maximum absolute atomic E-state index is 12.6. The van der Waals surface area contributed by atoms with Crippen molar-refractivity contribution >= 4 is 22.5 Å². The molecule has 5 nitrogen and oxygen atoms in total. The molecule has 128 valence electrons. The summed E-state index contributed by atoms with van der Waals surface area (Å²) in [5, 5.41) is 3.90. The lowest BCUT2D eigenvalue weighted by Crippen LogP contribution is -2.17. The van der Waals surface area contributed by atoms with E-state index in [0.29, 0.717) is 5.69 Å². The summed E-state index contributed by atoms with van der Waals surface area (Å²) in [7, 11) is 5.62. The number of nitrogens with one attached hydrogen (secondary N) is 1. The lowest BCUT2D eigenvalue weighted by molar-refractivity contribution is 0.102. The number of ether oxygens (including phenoxy) is 1. The maximum Gasteiger partial charge on any atom is 0.274 e. The highest BCUT2D eigenvalue weighted by Crippen LogP contribution is 2.21. The fourth-order valence-electron chi connectivity index (χ4n) is 2.66. The van der Waals surface area contributed by atoms with E-state index in [1.54, 1.807) is 13.2 Å². The zero-order valence-electron chi connectivity index (χ0n) is 14.6. The number of methoxy groups -OCH3 is 1. The Bertz CT molecular complexity index is 906. The Morgan fingerprint density at radius 1 is 1.12 bits per heavy atom. The van der Waals surface area contributed by atoms with E-state index < -0.39 is 0 Å². The molecule has 0 saturated heterocycles. The molecule has 0 aliphatic rings. The normalized spacial score (nSPS) is 10.9. The van der Waals surface area contributed by atoms with Gasteiger partial charge in [0.1, 0.15) is 11.4 Å². The van der Waals surface area contributed by atoms with Crippen LogP contribution >= 0.6 is 0 Å². The molecule has 1 amide bonds. The first-order valence-corrected chi connectivity index (χ1v) is 8.05. The number of hydrogen-bond acceptors (Lipinski definition) is 4. The highest BCUT2D eigenvalue weighted by atomic mass is 16.5. The molecule has 1 heterocycles. The number of anilines is 1. The summed E-state index contributed by atoms with van der Waals surface area (Å²) in [6, 6.07) is 17.0. The number of para-hydroxylation sites is 1. The van der Waals surface area contributed by atoms with E-state index >= 15 is 0 Å². The van der Waals surface area contributed by atoms with E-state index in [4.69, 9.17) is 4.74 Å². The number of carbonyl (C=O) groups excluding carboxylic acids is 1. The molecule has 0 bridgehead atoms. The number of pyridine rings is 1. The Morgan fingerprint density at radius 2 is 1.92 bits per heavy atom. The standard InChI is InChI=1S/C20H21N3O2/c1-23(2)13-15-6-4-5-7-17(15)22-20(24)19-10-8-14-12-16(25-3)9-11-18(14)21-19/h4-12H,13H2,1-3H3,(H,22,24). The second kappa shape index (κ2) is 7.32. The molecule has 3 rings (SSSR count). The molecule has 0 saturated carbocycles. The van der Waals surface area contributed by atoms with Crippen LogP contribution in [0.1, 0.15) is 16.1 Å². The first kappa shape index (κ1) is 16.9. The van der Waals surface area contributed by atoms with Crippen LogP contribution in [0.5, 0.6) is 5.75 Å². The molecular weight excluding hydrogens is 314 g/mol. The molecule has 25 heavy (non-hydrogen) atoms. The van der Waals surface area contributed by atoms with Crippen LogP contribution in [0.3, 0.4) is 0 Å². The summed E-state index contributed by atoms with van der Waals surface area (Å²) >= 11 is 0. The molecule has 0 aliphatic carbocycles. The maximum atomic E-state index is 12.6. The van der Waals surface area contributed by atoms with Gasteiger partial charge in [-0.25, -0.2) is 4.98 Å². The van der Waals surface area contributed by atoms with Crippen LogP contribution in [0.15, 0.2) is 54.6 Å². The number of benzene rings is 2. The van der Waals surface area contributed by atoms with Gasteiger partial charge in [0.2, 0.25) is 0 Å². The summed E-state index contributed by atoms with van der Waals surface area (Å²) in [6.45, 7) is 0.751. The Morgan fingerprint density at radius 3 is 2.68 bits per heavy atom. The van der Waals surface area contributed by atoms with Gasteiger partial charge in [-0.05, 0) is 50.0 Å². The number of carbonyl (C=O) groups is 1. The van der Waals surface area contributed by atoms with Crippen molar-refractivity contribution < 1.29 is 9.53 Å². The van der Waals surface area contributed by atoms with Crippen LogP contribution in [0.25, 0.3) is 10.9 Å². The van der Waals surface area contributed by atoms with Crippen LogP contribution in [0, 0.1) is 0 Å². The molecule has 0 aliphatic heterocycles. The van der Waals surface area contributed by atoms with Crippen LogP contribution < -0.4 is 10.1 Å². The predicted molar refractivity (Wildman–Crippen MR) is 100 cm³/mol. The zero-order valence-corrected chi connectivity index (χ0v) is 14.6. The molecule has 0 spiro atoms. The third kappa shape index (κ3) is 3.95. The predicted octanol–water partition coefficient (Wildman–Crippen LogP) is 3.56. The first-order chi connectivity index (χ1) is 12.1. The van der Waals surface area contributed by atoms with Gasteiger partial charge in [0.15, 0.2) is 0 Å². The summed E-state index contributed by atoms with van der Waals surface area (Å²) in [5.74, 6) is 0.549. The fraction of sp³-hybridized carbons (Fsp3) is 0.200. The first-order valence-electron chi connectivity index (χ1n) is 8.05. The smallest absolute Gasteiger partial charge is 0.274 e. The van der Waals surface area contributed by atoms with Crippen molar-refractivity contribution in [3.63, 3.8) is 0 Å². The largest absolute Gasteiger partial charge is 0.497 e. The quantitative estimate of drug-likeness (QED) is 0.775. The Balaban J connectivity index is 1.85. The molecule has 1 N–H and O–H groups in total. The van der Waals surface area contributed by atoms with E-state index in [1.165, 1.54) is 0 Å². The molecule has 0 unspecified atom stereocenters. The van der Waals surface area contributed by atoms with Crippen molar-refractivity contribution in [3.8, 4) is 5.75 Å². The van der Waals surface area contributed by atoms with E-state index in [9.17, 15) is 4.79 Å². The summed E-state index contributed by atoms with van der Waals surface area (Å²) in [5.41, 5.74) is 3.01. The Hall–Kier alpha value is -2.92. The summed E-state index contributed by atoms with van der Waals surface area (Å²) in [6.07, 6.45) is 0. The van der Waals surface area contributed by atoms with Crippen molar-refractivity contribution in [1.29, 1.82) is 0 Å². The summed E-state index contributed by atoms with van der Waals surface area (Å²) < 4.78 is 5.21. The zero-order chi connectivity index (χ0) is 17.8. The van der Waals surface area contributed by atoms with Crippen LogP contribution in [0.4, 0.5) is 5.69 Å². The van der Waals surface area contributed by atoms with Crippen molar-refractivity contribution in [2.75, 3.05) is 26.5 Å². The number of fused-ring (bicyclic) bond motifs is 1. The molecule has 0 fully saturated rings. The van der Waals surface area contributed by atoms with Gasteiger partial charge in [-0.3, -0.25) is 4.79 Å². The van der Waals surface area contributed by atoms with Crippen molar-refractivity contribution in [1.82, 2.24) is 9.88 Å². The molecule has 2 aromatic carbocycles. The second-order valence-corrected chi connectivity index (χ2v) is 6.10. The van der Waals surface area contributed by atoms with Crippen molar-refractivity contribution in [2.24, 2.45) is 0 Å². The van der Waals surface area contributed by atoms with Gasteiger partial charge in [0, 0.05) is 17.6 Å². The fourth-order valence-corrected chi connectivity index (χ4v) is 2.66. The van der Waals surface area contributed by atoms with Gasteiger partial charge < -0.3 is 15.0 Å². The molecule has 5 heteroatoms. The minimum atomic E-state index is -0.219. The number of hydrogen-bond donors (Lipinski definition) is 1. The van der Waals surface area contributed by atoms with Gasteiger partial charge >= 0.3 is 0 Å². The lowest BCUT2D eigenvalue weighted by atomic mass is 10.1. The average Bonchev–Trinajstić information content (AvgIpc) is 2.62. The summed E-state index contributed by atoms with van der Waals surface area (Å²) in [4.78, 5) is 19.1. The number of aromatic nitrogens is 1. The van der Waals surface area contributed by atoms with Gasteiger partial charge in [-0.2, -0.15) is 0 Å². The SMILES string of the molecule is COc1ccc2nc(C(=O)Nc3ccccc3CN(C)C)ccc2c1. The third-order valence-corrected chi connectivity index (χ3v) is 3.88. The van der Waals surface area contributed by atoms with E-state index in [-0.39, 0.29) is 5.91 Å². The number of nitrogens with zero attached hydrogens (tertiary/aromatic N) is 2. The molecule has 0 radical (unpaired) electrons. The van der Waals surface area contributed by atoms with Crippen LogP contribution in [-0.4, -0.2) is 37.0 Å². The van der Waals surface area contributed by atoms with Gasteiger partial charge in [0.25, 0.3) is 5.91 Å². The molecule has 3 aromatic rings.